The first-order valence-electron chi connectivity index (χ1n) is 7.38. The Morgan fingerprint density at radius 2 is 1.67 bits per heavy atom. The Morgan fingerprint density at radius 1 is 1.05 bits per heavy atom. The van der Waals surface area contributed by atoms with E-state index in [-0.39, 0.29) is 17.3 Å². The molecule has 112 valence electrons. The van der Waals surface area contributed by atoms with Crippen LogP contribution in [0, 0.1) is 12.7 Å². The number of hydrogen-bond acceptors (Lipinski definition) is 1. The first-order chi connectivity index (χ1) is 9.77. The summed E-state index contributed by atoms with van der Waals surface area (Å²) in [6.45, 7) is 8.57. The van der Waals surface area contributed by atoms with Crippen molar-refractivity contribution in [3.63, 3.8) is 0 Å². The van der Waals surface area contributed by atoms with Crippen molar-refractivity contribution in [1.82, 2.24) is 0 Å². The topological polar surface area (TPSA) is 26.0 Å². The van der Waals surface area contributed by atoms with Crippen molar-refractivity contribution >= 4 is 0 Å². The largest absolute Gasteiger partial charge is 0.324 e. The number of aryl methyl sites for hydroxylation is 1. The SMILES string of the molecule is Cc1ccc(F)cc1CC(N)c1ccc(C(C)(C)C)cc1. The number of rotatable bonds is 3. The molecule has 0 saturated heterocycles. The van der Waals surface area contributed by atoms with Crippen LogP contribution in [0.3, 0.4) is 0 Å². The summed E-state index contributed by atoms with van der Waals surface area (Å²) < 4.78 is 13.3. The van der Waals surface area contributed by atoms with Crippen LogP contribution in [0.5, 0.6) is 0 Å². The van der Waals surface area contributed by atoms with Crippen LogP contribution in [0.15, 0.2) is 42.5 Å². The van der Waals surface area contributed by atoms with Crippen molar-refractivity contribution in [2.75, 3.05) is 0 Å². The molecule has 21 heavy (non-hydrogen) atoms. The molecule has 0 saturated carbocycles. The highest BCUT2D eigenvalue weighted by atomic mass is 19.1. The zero-order valence-corrected chi connectivity index (χ0v) is 13.3. The van der Waals surface area contributed by atoms with Crippen LogP contribution in [0.25, 0.3) is 0 Å². The Kier molecular flexibility index (Phi) is 4.48. The maximum atomic E-state index is 13.3. The minimum Gasteiger partial charge on any atom is -0.324 e. The van der Waals surface area contributed by atoms with Crippen molar-refractivity contribution < 1.29 is 4.39 Å². The van der Waals surface area contributed by atoms with Crippen molar-refractivity contribution in [2.45, 2.75) is 45.6 Å². The van der Waals surface area contributed by atoms with Gasteiger partial charge in [-0.05, 0) is 53.1 Å². The molecule has 0 aliphatic heterocycles. The van der Waals surface area contributed by atoms with Gasteiger partial charge in [0.05, 0.1) is 0 Å². The van der Waals surface area contributed by atoms with E-state index >= 15 is 0 Å². The molecule has 2 aromatic carbocycles. The van der Waals surface area contributed by atoms with Gasteiger partial charge in [-0.2, -0.15) is 0 Å². The summed E-state index contributed by atoms with van der Waals surface area (Å²) in [6.07, 6.45) is 0.651. The summed E-state index contributed by atoms with van der Waals surface area (Å²) in [5, 5.41) is 0. The Morgan fingerprint density at radius 3 is 2.24 bits per heavy atom. The average molecular weight is 285 g/mol. The molecule has 0 aliphatic carbocycles. The summed E-state index contributed by atoms with van der Waals surface area (Å²) in [6, 6.07) is 13.2. The fraction of sp³-hybridized carbons (Fsp3) is 0.368. The van der Waals surface area contributed by atoms with Gasteiger partial charge in [-0.3, -0.25) is 0 Å². The zero-order valence-electron chi connectivity index (χ0n) is 13.3. The second kappa shape index (κ2) is 5.98. The molecule has 0 radical (unpaired) electrons. The molecule has 0 bridgehead atoms. The standard InChI is InChI=1S/C19H24FN/c1-13-5-10-17(20)11-15(13)12-18(21)14-6-8-16(9-7-14)19(2,3)4/h5-11,18H,12,21H2,1-4H3. The fourth-order valence-corrected chi connectivity index (χ4v) is 2.45. The molecule has 2 aromatic rings. The first kappa shape index (κ1) is 15.7. The highest BCUT2D eigenvalue weighted by Gasteiger charge is 2.15. The van der Waals surface area contributed by atoms with Crippen LogP contribution >= 0.6 is 0 Å². The van der Waals surface area contributed by atoms with Crippen LogP contribution < -0.4 is 5.73 Å². The van der Waals surface area contributed by atoms with Gasteiger partial charge in [-0.15, -0.1) is 0 Å². The molecule has 0 heterocycles. The quantitative estimate of drug-likeness (QED) is 0.871. The lowest BCUT2D eigenvalue weighted by molar-refractivity contribution is 0.589. The predicted molar refractivity (Wildman–Crippen MR) is 86.9 cm³/mol. The van der Waals surface area contributed by atoms with Crippen LogP contribution in [0.2, 0.25) is 0 Å². The molecule has 2 heteroatoms. The van der Waals surface area contributed by atoms with Gasteiger partial charge in [-0.25, -0.2) is 4.39 Å². The molecule has 0 aromatic heterocycles. The van der Waals surface area contributed by atoms with Gasteiger partial charge in [0.1, 0.15) is 5.82 Å². The van der Waals surface area contributed by atoms with E-state index in [1.807, 2.05) is 6.92 Å². The molecule has 0 fully saturated rings. The van der Waals surface area contributed by atoms with E-state index in [1.54, 1.807) is 12.1 Å². The highest BCUT2D eigenvalue weighted by molar-refractivity contribution is 5.32. The van der Waals surface area contributed by atoms with Gasteiger partial charge in [0.15, 0.2) is 0 Å². The minimum absolute atomic E-state index is 0.112. The Hall–Kier alpha value is -1.67. The predicted octanol–water partition coefficient (Wildman–Crippen LogP) is 4.67. The van der Waals surface area contributed by atoms with Crippen LogP contribution in [-0.2, 0) is 11.8 Å². The van der Waals surface area contributed by atoms with E-state index in [9.17, 15) is 4.39 Å². The van der Waals surface area contributed by atoms with Crippen molar-refractivity contribution in [1.29, 1.82) is 0 Å². The van der Waals surface area contributed by atoms with Crippen LogP contribution in [0.4, 0.5) is 4.39 Å². The van der Waals surface area contributed by atoms with Gasteiger partial charge in [-0.1, -0.05) is 51.1 Å². The van der Waals surface area contributed by atoms with Crippen LogP contribution in [-0.4, -0.2) is 0 Å². The van der Waals surface area contributed by atoms with E-state index in [1.165, 1.54) is 11.6 Å². The maximum absolute atomic E-state index is 13.3. The minimum atomic E-state index is -0.203. The average Bonchev–Trinajstić information content (AvgIpc) is 2.42. The molecule has 1 atom stereocenters. The van der Waals surface area contributed by atoms with Gasteiger partial charge in [0, 0.05) is 6.04 Å². The van der Waals surface area contributed by atoms with Gasteiger partial charge < -0.3 is 5.73 Å². The highest BCUT2D eigenvalue weighted by Crippen LogP contribution is 2.25. The van der Waals surface area contributed by atoms with E-state index in [0.29, 0.717) is 6.42 Å². The van der Waals surface area contributed by atoms with Crippen molar-refractivity contribution in [3.8, 4) is 0 Å². The molecular weight excluding hydrogens is 261 g/mol. The first-order valence-corrected chi connectivity index (χ1v) is 7.38. The Balaban J connectivity index is 2.17. The maximum Gasteiger partial charge on any atom is 0.123 e. The second-order valence-electron chi connectivity index (χ2n) is 6.75. The molecule has 1 unspecified atom stereocenters. The lowest BCUT2D eigenvalue weighted by atomic mass is 9.86. The van der Waals surface area contributed by atoms with Gasteiger partial charge >= 0.3 is 0 Å². The lowest BCUT2D eigenvalue weighted by Crippen LogP contribution is -2.15. The number of benzene rings is 2. The van der Waals surface area contributed by atoms with E-state index < -0.39 is 0 Å². The molecule has 2 N–H and O–H groups in total. The van der Waals surface area contributed by atoms with Crippen LogP contribution in [0.1, 0.15) is 49.1 Å². The second-order valence-corrected chi connectivity index (χ2v) is 6.75. The number of hydrogen-bond donors (Lipinski definition) is 1. The molecule has 0 spiro atoms. The van der Waals surface area contributed by atoms with E-state index in [2.05, 4.69) is 45.0 Å². The normalized spacial score (nSPS) is 13.2. The summed E-state index contributed by atoms with van der Waals surface area (Å²) in [5.41, 5.74) is 10.9. The molecule has 1 nitrogen and oxygen atoms in total. The number of halogens is 1. The third-order valence-electron chi connectivity index (χ3n) is 3.96. The molecule has 0 aliphatic rings. The molecule has 0 amide bonds. The van der Waals surface area contributed by atoms with Gasteiger partial charge in [0.2, 0.25) is 0 Å². The summed E-state index contributed by atoms with van der Waals surface area (Å²) in [7, 11) is 0. The fourth-order valence-electron chi connectivity index (χ4n) is 2.45. The Labute approximate surface area is 127 Å². The van der Waals surface area contributed by atoms with Gasteiger partial charge in [0.25, 0.3) is 0 Å². The lowest BCUT2D eigenvalue weighted by Gasteiger charge is -2.20. The third kappa shape index (κ3) is 3.92. The van der Waals surface area contributed by atoms with E-state index in [0.717, 1.165) is 16.7 Å². The summed E-state index contributed by atoms with van der Waals surface area (Å²) in [4.78, 5) is 0. The zero-order chi connectivity index (χ0) is 15.6. The summed E-state index contributed by atoms with van der Waals surface area (Å²) in [5.74, 6) is -0.203. The molecular formula is C19H24FN. The molecule has 2 rings (SSSR count). The van der Waals surface area contributed by atoms with Crippen molar-refractivity contribution in [2.24, 2.45) is 5.73 Å². The smallest absolute Gasteiger partial charge is 0.123 e. The van der Waals surface area contributed by atoms with E-state index in [4.69, 9.17) is 5.73 Å². The van der Waals surface area contributed by atoms with Crippen molar-refractivity contribution in [3.05, 3.63) is 70.5 Å². The summed E-state index contributed by atoms with van der Waals surface area (Å²) >= 11 is 0. The Bertz CT molecular complexity index is 608. The number of nitrogens with two attached hydrogens (primary N) is 1. The monoisotopic (exact) mass is 285 g/mol. The third-order valence-corrected chi connectivity index (χ3v) is 3.96.